The van der Waals surface area contributed by atoms with Crippen LogP contribution in [0.3, 0.4) is 0 Å². The maximum Gasteiger partial charge on any atom is 0.155 e. The summed E-state index contributed by atoms with van der Waals surface area (Å²) in [6.45, 7) is 2.05. The molecule has 3 aromatic heterocycles. The maximum atomic E-state index is 6.13. The Morgan fingerprint density at radius 3 is 2.48 bits per heavy atom. The minimum absolute atomic E-state index is 0.763. The molecule has 0 radical (unpaired) electrons. The van der Waals surface area contributed by atoms with Gasteiger partial charge in [0.1, 0.15) is 6.33 Å². The third-order valence-electron chi connectivity index (χ3n) is 3.75. The number of aromatic nitrogens is 4. The Bertz CT molecular complexity index is 949. The number of fused-ring (bicyclic) bond motifs is 1. The highest BCUT2D eigenvalue weighted by molar-refractivity contribution is 5.90. The molecule has 0 aliphatic heterocycles. The second-order valence-electron chi connectivity index (χ2n) is 5.19. The number of hydrogen-bond acceptors (Lipinski definition) is 4. The summed E-state index contributed by atoms with van der Waals surface area (Å²) in [5.74, 6) is 0.763. The lowest BCUT2D eigenvalue weighted by Crippen LogP contribution is -2.07. The molecule has 0 aliphatic rings. The lowest BCUT2D eigenvalue weighted by Gasteiger charge is -2.12. The van der Waals surface area contributed by atoms with Gasteiger partial charge in [0.05, 0.1) is 11.2 Å². The van der Waals surface area contributed by atoms with Gasteiger partial charge in [-0.3, -0.25) is 4.98 Å². The molecule has 3 heterocycles. The van der Waals surface area contributed by atoms with Crippen LogP contribution in [-0.4, -0.2) is 19.7 Å². The fourth-order valence-electron chi connectivity index (χ4n) is 2.69. The van der Waals surface area contributed by atoms with Crippen molar-refractivity contribution in [1.29, 1.82) is 0 Å². The van der Waals surface area contributed by atoms with Crippen molar-refractivity contribution in [2.45, 2.75) is 6.92 Å². The number of benzene rings is 1. The van der Waals surface area contributed by atoms with Crippen LogP contribution in [-0.2, 0) is 0 Å². The molecule has 0 saturated carbocycles. The van der Waals surface area contributed by atoms with Crippen molar-refractivity contribution in [3.63, 3.8) is 0 Å². The first-order chi connectivity index (χ1) is 11.3. The molecule has 0 N–H and O–H groups in total. The Balaban J connectivity index is 1.97. The molecule has 1 aromatic carbocycles. The third kappa shape index (κ3) is 2.32. The average Bonchev–Trinajstić information content (AvgIpc) is 2.89. The topological polar surface area (TPSA) is 52.8 Å². The number of pyridine rings is 1. The van der Waals surface area contributed by atoms with Crippen LogP contribution >= 0.6 is 0 Å². The highest BCUT2D eigenvalue weighted by atomic mass is 16.7. The molecule has 0 unspecified atom stereocenters. The van der Waals surface area contributed by atoms with Crippen molar-refractivity contribution >= 4 is 10.9 Å². The van der Waals surface area contributed by atoms with Crippen LogP contribution in [0.1, 0.15) is 5.56 Å². The molecule has 112 valence electrons. The summed E-state index contributed by atoms with van der Waals surface area (Å²) >= 11 is 0. The first-order valence-corrected chi connectivity index (χ1v) is 7.28. The van der Waals surface area contributed by atoms with Gasteiger partial charge >= 0.3 is 0 Å². The van der Waals surface area contributed by atoms with Gasteiger partial charge < -0.3 is 4.84 Å². The van der Waals surface area contributed by atoms with Crippen LogP contribution < -0.4 is 4.84 Å². The summed E-state index contributed by atoms with van der Waals surface area (Å²) in [6.07, 6.45) is 8.70. The zero-order valence-electron chi connectivity index (χ0n) is 12.5. The van der Waals surface area contributed by atoms with E-state index in [1.165, 1.54) is 6.33 Å². The van der Waals surface area contributed by atoms with E-state index in [-0.39, 0.29) is 0 Å². The normalized spacial score (nSPS) is 10.8. The quantitative estimate of drug-likeness (QED) is 0.580. The molecular weight excluding hydrogens is 288 g/mol. The summed E-state index contributed by atoms with van der Waals surface area (Å²) in [5, 5.41) is 1.04. The number of para-hydroxylation sites is 1. The van der Waals surface area contributed by atoms with E-state index >= 15 is 0 Å². The molecule has 4 rings (SSSR count). The summed E-state index contributed by atoms with van der Waals surface area (Å²) < 4.78 is 1.82. The van der Waals surface area contributed by atoms with E-state index in [0.29, 0.717) is 0 Å². The van der Waals surface area contributed by atoms with E-state index in [4.69, 9.17) is 4.84 Å². The van der Waals surface area contributed by atoms with E-state index in [1.54, 1.807) is 18.6 Å². The van der Waals surface area contributed by atoms with Crippen molar-refractivity contribution < 1.29 is 4.84 Å². The maximum absolute atomic E-state index is 6.13. The summed E-state index contributed by atoms with van der Waals surface area (Å²) in [4.78, 5) is 18.6. The molecule has 0 bridgehead atoms. The van der Waals surface area contributed by atoms with Crippen LogP contribution in [0.15, 0.2) is 67.5 Å². The van der Waals surface area contributed by atoms with Gasteiger partial charge in [0.2, 0.25) is 0 Å². The Morgan fingerprint density at radius 1 is 0.913 bits per heavy atom. The van der Waals surface area contributed by atoms with Crippen LogP contribution in [0.2, 0.25) is 0 Å². The van der Waals surface area contributed by atoms with E-state index in [1.807, 2.05) is 47.3 Å². The lowest BCUT2D eigenvalue weighted by atomic mass is 10.1. The first kappa shape index (κ1) is 13.5. The van der Waals surface area contributed by atoms with Crippen molar-refractivity contribution in [2.24, 2.45) is 0 Å². The van der Waals surface area contributed by atoms with E-state index in [9.17, 15) is 0 Å². The van der Waals surface area contributed by atoms with Gasteiger partial charge in [-0.25, -0.2) is 9.97 Å². The average molecular weight is 302 g/mol. The summed E-state index contributed by atoms with van der Waals surface area (Å²) in [5.41, 5.74) is 3.87. The molecule has 0 saturated heterocycles. The number of rotatable bonds is 3. The number of aryl methyl sites for hydroxylation is 1. The van der Waals surface area contributed by atoms with Gasteiger partial charge in [-0.2, -0.15) is 4.73 Å². The molecule has 5 heteroatoms. The Labute approximate surface area is 133 Å². The fraction of sp³-hybridized carbons (Fsp3) is 0.0556. The van der Waals surface area contributed by atoms with Crippen LogP contribution in [0.4, 0.5) is 0 Å². The molecule has 0 amide bonds. The van der Waals surface area contributed by atoms with E-state index in [2.05, 4.69) is 21.9 Å². The largest absolute Gasteiger partial charge is 0.375 e. The number of nitrogens with zero attached hydrogens (tertiary/aromatic N) is 4. The highest BCUT2D eigenvalue weighted by Gasteiger charge is 2.18. The molecule has 5 nitrogen and oxygen atoms in total. The molecule has 0 spiro atoms. The predicted octanol–water partition coefficient (Wildman–Crippen LogP) is 3.64. The van der Waals surface area contributed by atoms with Gasteiger partial charge in [0.25, 0.3) is 0 Å². The summed E-state index contributed by atoms with van der Waals surface area (Å²) in [7, 11) is 0. The van der Waals surface area contributed by atoms with Crippen molar-refractivity contribution in [3.05, 3.63) is 73.1 Å². The molecule has 23 heavy (non-hydrogen) atoms. The predicted molar refractivity (Wildman–Crippen MR) is 88.0 cm³/mol. The summed E-state index contributed by atoms with van der Waals surface area (Å²) in [6, 6.07) is 11.6. The van der Waals surface area contributed by atoms with Gasteiger partial charge in [-0.15, -0.1) is 0 Å². The molecule has 4 aromatic rings. The van der Waals surface area contributed by atoms with Gasteiger partial charge in [0.15, 0.2) is 5.75 Å². The van der Waals surface area contributed by atoms with E-state index < -0.39 is 0 Å². The first-order valence-electron chi connectivity index (χ1n) is 7.28. The lowest BCUT2D eigenvalue weighted by molar-refractivity contribution is 0.233. The van der Waals surface area contributed by atoms with E-state index in [0.717, 1.165) is 33.5 Å². The highest BCUT2D eigenvalue weighted by Crippen LogP contribution is 2.32. The van der Waals surface area contributed by atoms with Crippen molar-refractivity contribution in [2.75, 3.05) is 0 Å². The Morgan fingerprint density at radius 2 is 1.70 bits per heavy atom. The van der Waals surface area contributed by atoms with Crippen LogP contribution in [0, 0.1) is 6.92 Å². The molecule has 0 atom stereocenters. The van der Waals surface area contributed by atoms with Gasteiger partial charge in [0, 0.05) is 35.7 Å². The zero-order chi connectivity index (χ0) is 15.6. The van der Waals surface area contributed by atoms with Gasteiger partial charge in [-0.05, 0) is 30.7 Å². The monoisotopic (exact) mass is 302 g/mol. The fourth-order valence-corrected chi connectivity index (χ4v) is 2.69. The second-order valence-corrected chi connectivity index (χ2v) is 5.19. The molecular formula is C18H14N4O. The number of hydrogen-bond donors (Lipinski definition) is 0. The SMILES string of the molecule is Cc1c(-c2cncnc2)n(Oc2ccccc2)c2ccncc12. The van der Waals surface area contributed by atoms with Crippen LogP contribution in [0.25, 0.3) is 22.2 Å². The minimum Gasteiger partial charge on any atom is -0.375 e. The van der Waals surface area contributed by atoms with Gasteiger partial charge in [-0.1, -0.05) is 18.2 Å². The standard InChI is InChI=1S/C18H14N4O/c1-13-16-11-19-8-7-17(16)22(23-15-5-3-2-4-6-15)18(13)14-9-20-12-21-10-14/h2-12H,1H3. The third-order valence-corrected chi connectivity index (χ3v) is 3.75. The second kappa shape index (κ2) is 5.53. The van der Waals surface area contributed by atoms with Crippen LogP contribution in [0.5, 0.6) is 5.75 Å². The Kier molecular flexibility index (Phi) is 3.24. The molecule has 0 fully saturated rings. The van der Waals surface area contributed by atoms with Crippen molar-refractivity contribution in [3.8, 4) is 17.0 Å². The zero-order valence-corrected chi connectivity index (χ0v) is 12.5. The minimum atomic E-state index is 0.763. The molecule has 0 aliphatic carbocycles. The smallest absolute Gasteiger partial charge is 0.155 e. The van der Waals surface area contributed by atoms with Crippen molar-refractivity contribution in [1.82, 2.24) is 19.7 Å². The Hall–Kier alpha value is -3.21.